The summed E-state index contributed by atoms with van der Waals surface area (Å²) in [7, 11) is -3.69. The number of aryl methyl sites for hydroxylation is 4. The van der Waals surface area contributed by atoms with Gasteiger partial charge in [0.2, 0.25) is 0 Å². The molecule has 31 heavy (non-hydrogen) atoms. The van der Waals surface area contributed by atoms with E-state index in [1.165, 1.54) is 23.3 Å². The van der Waals surface area contributed by atoms with E-state index in [0.29, 0.717) is 16.8 Å². The number of hydrogen-bond acceptors (Lipinski definition) is 3. The highest BCUT2D eigenvalue weighted by atomic mass is 32.2. The van der Waals surface area contributed by atoms with Gasteiger partial charge in [-0.15, -0.1) is 0 Å². The molecule has 0 saturated carbocycles. The SMILES string of the molecule is Cc1cc(C)c(C(C)NC(=O)c2ccc(NS(=O)(=O)c3ccccc3)c(C)c2)cc1C. The fraction of sp³-hybridized carbons (Fsp3) is 0.240. The molecule has 0 heterocycles. The molecule has 2 N–H and O–H groups in total. The third-order valence-electron chi connectivity index (χ3n) is 5.48. The highest BCUT2D eigenvalue weighted by Gasteiger charge is 2.17. The second-order valence-corrected chi connectivity index (χ2v) is 9.62. The Morgan fingerprint density at radius 1 is 0.806 bits per heavy atom. The summed E-state index contributed by atoms with van der Waals surface area (Å²) < 4.78 is 27.7. The summed E-state index contributed by atoms with van der Waals surface area (Å²) in [5.41, 5.74) is 6.23. The molecule has 0 aliphatic heterocycles. The lowest BCUT2D eigenvalue weighted by molar-refractivity contribution is 0.0939. The van der Waals surface area contributed by atoms with Gasteiger partial charge >= 0.3 is 0 Å². The molecule has 0 saturated heterocycles. The van der Waals surface area contributed by atoms with Crippen LogP contribution in [0.3, 0.4) is 0 Å². The van der Waals surface area contributed by atoms with Gasteiger partial charge in [0.25, 0.3) is 15.9 Å². The van der Waals surface area contributed by atoms with Gasteiger partial charge in [-0.3, -0.25) is 9.52 Å². The summed E-state index contributed by atoms with van der Waals surface area (Å²) in [5.74, 6) is -0.203. The minimum Gasteiger partial charge on any atom is -0.346 e. The Balaban J connectivity index is 1.76. The van der Waals surface area contributed by atoms with Crippen LogP contribution in [0.5, 0.6) is 0 Å². The van der Waals surface area contributed by atoms with Crippen LogP contribution in [0.25, 0.3) is 0 Å². The van der Waals surface area contributed by atoms with Crippen LogP contribution in [0, 0.1) is 27.7 Å². The van der Waals surface area contributed by atoms with Gasteiger partial charge in [-0.25, -0.2) is 8.42 Å². The van der Waals surface area contributed by atoms with Crippen molar-refractivity contribution in [1.29, 1.82) is 0 Å². The highest BCUT2D eigenvalue weighted by Crippen LogP contribution is 2.24. The lowest BCUT2D eigenvalue weighted by atomic mass is 9.96. The van der Waals surface area contributed by atoms with Crippen molar-refractivity contribution in [2.45, 2.75) is 45.6 Å². The van der Waals surface area contributed by atoms with Crippen molar-refractivity contribution in [1.82, 2.24) is 5.32 Å². The predicted molar refractivity (Wildman–Crippen MR) is 125 cm³/mol. The van der Waals surface area contributed by atoms with Crippen LogP contribution in [0.2, 0.25) is 0 Å². The first-order valence-electron chi connectivity index (χ1n) is 10.2. The minimum atomic E-state index is -3.69. The molecule has 1 unspecified atom stereocenters. The van der Waals surface area contributed by atoms with Crippen LogP contribution in [0.15, 0.2) is 65.6 Å². The Bertz CT molecular complexity index is 1220. The van der Waals surface area contributed by atoms with Crippen LogP contribution < -0.4 is 10.0 Å². The summed E-state index contributed by atoms with van der Waals surface area (Å²) in [5, 5.41) is 3.04. The Morgan fingerprint density at radius 3 is 2.10 bits per heavy atom. The van der Waals surface area contributed by atoms with Crippen molar-refractivity contribution >= 4 is 21.6 Å². The van der Waals surface area contributed by atoms with Gasteiger partial charge in [-0.2, -0.15) is 0 Å². The molecular weight excluding hydrogens is 408 g/mol. The van der Waals surface area contributed by atoms with E-state index in [4.69, 9.17) is 0 Å². The fourth-order valence-corrected chi connectivity index (χ4v) is 4.68. The van der Waals surface area contributed by atoms with E-state index in [-0.39, 0.29) is 16.8 Å². The number of carbonyl (C=O) groups excluding carboxylic acids is 1. The molecule has 3 aromatic rings. The predicted octanol–water partition coefficient (Wildman–Crippen LogP) is 5.21. The van der Waals surface area contributed by atoms with E-state index in [9.17, 15) is 13.2 Å². The largest absolute Gasteiger partial charge is 0.346 e. The number of sulfonamides is 1. The summed E-state index contributed by atoms with van der Waals surface area (Å²) in [6, 6.07) is 17.2. The molecular formula is C25H28N2O3S. The van der Waals surface area contributed by atoms with Gasteiger partial charge in [0.15, 0.2) is 0 Å². The van der Waals surface area contributed by atoms with Crippen LogP contribution >= 0.6 is 0 Å². The molecule has 0 aliphatic carbocycles. The third-order valence-corrected chi connectivity index (χ3v) is 6.86. The average molecular weight is 437 g/mol. The molecule has 0 aromatic heterocycles. The topological polar surface area (TPSA) is 75.3 Å². The monoisotopic (exact) mass is 436 g/mol. The molecule has 3 rings (SSSR count). The molecule has 1 amide bonds. The molecule has 0 bridgehead atoms. The second kappa shape index (κ2) is 8.94. The van der Waals surface area contributed by atoms with E-state index in [2.05, 4.69) is 36.0 Å². The standard InChI is InChI=1S/C25H28N2O3S/c1-16-13-18(3)23(15-17(16)2)20(5)26-25(28)21-11-12-24(19(4)14-21)27-31(29,30)22-9-7-6-8-10-22/h6-15,20,27H,1-5H3,(H,26,28). The molecule has 5 nitrogen and oxygen atoms in total. The molecule has 1 atom stereocenters. The Morgan fingerprint density at radius 2 is 1.45 bits per heavy atom. The second-order valence-electron chi connectivity index (χ2n) is 7.94. The molecule has 162 valence electrons. The first-order valence-corrected chi connectivity index (χ1v) is 11.6. The normalized spacial score (nSPS) is 12.3. The van der Waals surface area contributed by atoms with Gasteiger partial charge in [0.1, 0.15) is 0 Å². The lowest BCUT2D eigenvalue weighted by Gasteiger charge is -2.19. The third kappa shape index (κ3) is 5.14. The van der Waals surface area contributed by atoms with E-state index in [1.807, 2.05) is 13.8 Å². The van der Waals surface area contributed by atoms with Crippen molar-refractivity contribution in [2.75, 3.05) is 4.72 Å². The van der Waals surface area contributed by atoms with Crippen LogP contribution in [-0.2, 0) is 10.0 Å². The van der Waals surface area contributed by atoms with Crippen molar-refractivity contribution in [3.63, 3.8) is 0 Å². The van der Waals surface area contributed by atoms with Crippen molar-refractivity contribution in [3.8, 4) is 0 Å². The maximum absolute atomic E-state index is 12.8. The molecule has 0 spiro atoms. The number of anilines is 1. The summed E-state index contributed by atoms with van der Waals surface area (Å²) >= 11 is 0. The summed E-state index contributed by atoms with van der Waals surface area (Å²) in [6.07, 6.45) is 0. The average Bonchev–Trinajstić information content (AvgIpc) is 2.72. The molecule has 0 fully saturated rings. The lowest BCUT2D eigenvalue weighted by Crippen LogP contribution is -2.27. The molecule has 0 radical (unpaired) electrons. The molecule has 0 aliphatic rings. The van der Waals surface area contributed by atoms with Gasteiger partial charge in [0.05, 0.1) is 16.6 Å². The van der Waals surface area contributed by atoms with Gasteiger partial charge in [0, 0.05) is 5.56 Å². The molecule has 6 heteroatoms. The summed E-state index contributed by atoms with van der Waals surface area (Å²) in [4.78, 5) is 13.0. The number of benzene rings is 3. The minimum absolute atomic E-state index is 0.150. The van der Waals surface area contributed by atoms with Crippen molar-refractivity contribution in [3.05, 3.63) is 94.0 Å². The van der Waals surface area contributed by atoms with E-state index in [1.54, 1.807) is 43.3 Å². The van der Waals surface area contributed by atoms with Crippen molar-refractivity contribution < 1.29 is 13.2 Å². The zero-order valence-electron chi connectivity index (χ0n) is 18.5. The fourth-order valence-electron chi connectivity index (χ4n) is 3.53. The number of rotatable bonds is 6. The van der Waals surface area contributed by atoms with Crippen LogP contribution in [0.1, 0.15) is 51.1 Å². The smallest absolute Gasteiger partial charge is 0.261 e. The summed E-state index contributed by atoms with van der Waals surface area (Å²) in [6.45, 7) is 9.92. The van der Waals surface area contributed by atoms with Gasteiger partial charge < -0.3 is 5.32 Å². The van der Waals surface area contributed by atoms with E-state index in [0.717, 1.165) is 11.1 Å². The highest BCUT2D eigenvalue weighted by molar-refractivity contribution is 7.92. The maximum atomic E-state index is 12.8. The van der Waals surface area contributed by atoms with Gasteiger partial charge in [-0.05, 0) is 92.8 Å². The zero-order valence-corrected chi connectivity index (χ0v) is 19.3. The van der Waals surface area contributed by atoms with E-state index < -0.39 is 10.0 Å². The maximum Gasteiger partial charge on any atom is 0.261 e. The Labute approximate surface area is 184 Å². The Kier molecular flexibility index (Phi) is 6.51. The number of amides is 1. The van der Waals surface area contributed by atoms with Gasteiger partial charge in [-0.1, -0.05) is 30.3 Å². The number of hydrogen-bond donors (Lipinski definition) is 2. The van der Waals surface area contributed by atoms with Crippen LogP contribution in [0.4, 0.5) is 5.69 Å². The first-order chi connectivity index (χ1) is 14.6. The van der Waals surface area contributed by atoms with E-state index >= 15 is 0 Å². The quantitative estimate of drug-likeness (QED) is 0.557. The Hall–Kier alpha value is -3.12. The van der Waals surface area contributed by atoms with Crippen LogP contribution in [-0.4, -0.2) is 14.3 Å². The number of nitrogens with one attached hydrogen (secondary N) is 2. The number of carbonyl (C=O) groups is 1. The zero-order chi connectivity index (χ0) is 22.8. The van der Waals surface area contributed by atoms with Crippen molar-refractivity contribution in [2.24, 2.45) is 0 Å². The molecule has 3 aromatic carbocycles. The first kappa shape index (κ1) is 22.6.